The van der Waals surface area contributed by atoms with E-state index in [1.165, 1.54) is 7.11 Å². The number of ether oxygens (including phenoxy) is 1. The molecule has 1 aliphatic carbocycles. The molecule has 1 N–H and O–H groups in total. The molecule has 0 bridgehead atoms. The Balaban J connectivity index is 2.66. The van der Waals surface area contributed by atoms with Crippen LogP contribution in [0.4, 0.5) is 0 Å². The molecule has 0 radical (unpaired) electrons. The standard InChI is InChI=1S/C23H40O4S2/c1-5-6-8-11-17(24)14-15-18-21(29-4)16-19(25)23(18)20(28-3)12-9-7-10-13-22(26)27-2/h14-15,17-18,20-21,23-24H,5-13,16H2,1-4H3/b15-14+/t17-,18-,20?,21+,23+/m0/s1. The number of Topliss-reactive ketones (excluding diaryl/α,β-unsaturated/α-hetero) is 1. The maximum Gasteiger partial charge on any atom is 0.305 e. The van der Waals surface area contributed by atoms with Crippen LogP contribution in [0.25, 0.3) is 0 Å². The van der Waals surface area contributed by atoms with Crippen LogP contribution in [0.3, 0.4) is 0 Å². The number of carbonyl (C=O) groups excluding carboxylic acids is 2. The number of hydrogen-bond acceptors (Lipinski definition) is 6. The van der Waals surface area contributed by atoms with Gasteiger partial charge in [-0.05, 0) is 37.7 Å². The number of methoxy groups -OCH3 is 1. The second-order valence-electron chi connectivity index (χ2n) is 7.95. The molecule has 0 aromatic rings. The number of hydrogen-bond donors (Lipinski definition) is 1. The van der Waals surface area contributed by atoms with Gasteiger partial charge >= 0.3 is 5.97 Å². The zero-order valence-electron chi connectivity index (χ0n) is 18.6. The number of carbonyl (C=O) groups is 2. The van der Waals surface area contributed by atoms with E-state index in [2.05, 4.69) is 25.5 Å². The fourth-order valence-corrected chi connectivity index (χ4v) is 6.08. The topological polar surface area (TPSA) is 63.6 Å². The van der Waals surface area contributed by atoms with Gasteiger partial charge in [-0.2, -0.15) is 23.5 Å². The Morgan fingerprint density at radius 3 is 2.55 bits per heavy atom. The first kappa shape index (κ1) is 26.6. The van der Waals surface area contributed by atoms with Crippen LogP contribution < -0.4 is 0 Å². The van der Waals surface area contributed by atoms with Crippen molar-refractivity contribution in [2.45, 2.75) is 87.7 Å². The Hall–Kier alpha value is -0.460. The summed E-state index contributed by atoms with van der Waals surface area (Å²) in [7, 11) is 1.42. The second-order valence-corrected chi connectivity index (χ2v) is 10.1. The van der Waals surface area contributed by atoms with Crippen molar-refractivity contribution in [2.24, 2.45) is 11.8 Å². The molecular formula is C23H40O4S2. The van der Waals surface area contributed by atoms with Crippen molar-refractivity contribution in [3.05, 3.63) is 12.2 Å². The molecule has 29 heavy (non-hydrogen) atoms. The van der Waals surface area contributed by atoms with Crippen molar-refractivity contribution < 1.29 is 19.4 Å². The Labute approximate surface area is 186 Å². The predicted octanol–water partition coefficient (Wildman–Crippen LogP) is 5.28. The minimum atomic E-state index is -0.411. The Bertz CT molecular complexity index is 509. The van der Waals surface area contributed by atoms with Gasteiger partial charge in [-0.25, -0.2) is 0 Å². The maximum atomic E-state index is 12.8. The first-order valence-corrected chi connectivity index (χ1v) is 13.6. The molecule has 0 spiro atoms. The fourth-order valence-electron chi connectivity index (χ4n) is 4.15. The van der Waals surface area contributed by atoms with Crippen LogP contribution >= 0.6 is 23.5 Å². The molecule has 0 saturated heterocycles. The van der Waals surface area contributed by atoms with E-state index in [9.17, 15) is 14.7 Å². The molecule has 1 unspecified atom stereocenters. The molecule has 0 amide bonds. The minimum absolute atomic E-state index is 0.0298. The van der Waals surface area contributed by atoms with Gasteiger partial charge in [0.15, 0.2) is 0 Å². The van der Waals surface area contributed by atoms with Gasteiger partial charge in [0.05, 0.1) is 13.2 Å². The summed E-state index contributed by atoms with van der Waals surface area (Å²) in [5.74, 6) is 0.448. The lowest BCUT2D eigenvalue weighted by Crippen LogP contribution is -2.28. The van der Waals surface area contributed by atoms with Crippen LogP contribution in [-0.2, 0) is 14.3 Å². The van der Waals surface area contributed by atoms with Crippen LogP contribution in [-0.4, -0.2) is 53.1 Å². The van der Waals surface area contributed by atoms with Crippen molar-refractivity contribution in [2.75, 3.05) is 19.6 Å². The van der Waals surface area contributed by atoms with Crippen molar-refractivity contribution in [1.29, 1.82) is 0 Å². The highest BCUT2D eigenvalue weighted by Crippen LogP contribution is 2.43. The molecule has 0 aromatic carbocycles. The summed E-state index contributed by atoms with van der Waals surface area (Å²) in [5, 5.41) is 10.9. The molecule has 5 atom stereocenters. The number of aliphatic hydroxyl groups is 1. The lowest BCUT2D eigenvalue weighted by atomic mass is 9.88. The summed E-state index contributed by atoms with van der Waals surface area (Å²) in [5.41, 5.74) is 0. The third-order valence-corrected chi connectivity index (χ3v) is 8.10. The van der Waals surface area contributed by atoms with Gasteiger partial charge in [-0.15, -0.1) is 0 Å². The van der Waals surface area contributed by atoms with Crippen molar-refractivity contribution in [1.82, 2.24) is 0 Å². The first-order chi connectivity index (χ1) is 14.0. The summed E-state index contributed by atoms with van der Waals surface area (Å²) in [6.45, 7) is 2.16. The first-order valence-electron chi connectivity index (χ1n) is 11.0. The highest BCUT2D eigenvalue weighted by molar-refractivity contribution is 7.99. The molecule has 1 saturated carbocycles. The Morgan fingerprint density at radius 1 is 1.21 bits per heavy atom. The maximum absolute atomic E-state index is 12.8. The van der Waals surface area contributed by atoms with E-state index in [1.807, 2.05) is 6.08 Å². The molecule has 1 aliphatic rings. The molecule has 6 heteroatoms. The number of thioether (sulfide) groups is 2. The summed E-state index contributed by atoms with van der Waals surface area (Å²) >= 11 is 3.56. The number of allylic oxidation sites excluding steroid dienone is 1. The predicted molar refractivity (Wildman–Crippen MR) is 126 cm³/mol. The summed E-state index contributed by atoms with van der Waals surface area (Å²) in [6, 6.07) is 0. The summed E-state index contributed by atoms with van der Waals surface area (Å²) in [4.78, 5) is 24.1. The van der Waals surface area contributed by atoms with Crippen molar-refractivity contribution in [3.63, 3.8) is 0 Å². The highest BCUT2D eigenvalue weighted by Gasteiger charge is 2.44. The molecule has 0 aromatic heterocycles. The van der Waals surface area contributed by atoms with E-state index >= 15 is 0 Å². The Morgan fingerprint density at radius 2 is 1.93 bits per heavy atom. The van der Waals surface area contributed by atoms with Crippen LogP contribution in [0.2, 0.25) is 0 Å². The van der Waals surface area contributed by atoms with E-state index in [4.69, 9.17) is 4.74 Å². The SMILES string of the molecule is CCCCC[C@H](O)/C=C/[C@@H]1[C@@H](C(CCCCCC(=O)OC)SC)C(=O)C[C@H]1SC. The van der Waals surface area contributed by atoms with Crippen LogP contribution in [0, 0.1) is 11.8 Å². The molecular weight excluding hydrogens is 404 g/mol. The second kappa shape index (κ2) is 15.4. The molecule has 168 valence electrons. The Kier molecular flexibility index (Phi) is 14.1. The number of esters is 1. The number of rotatable bonds is 15. The van der Waals surface area contributed by atoms with Gasteiger partial charge in [-0.3, -0.25) is 9.59 Å². The minimum Gasteiger partial charge on any atom is -0.469 e. The van der Waals surface area contributed by atoms with Gasteiger partial charge < -0.3 is 9.84 Å². The van der Waals surface area contributed by atoms with Crippen molar-refractivity contribution >= 4 is 35.3 Å². The van der Waals surface area contributed by atoms with Crippen LogP contribution in [0.15, 0.2) is 12.2 Å². The molecule has 0 heterocycles. The van der Waals surface area contributed by atoms with Gasteiger partial charge in [0.25, 0.3) is 0 Å². The quantitative estimate of drug-likeness (QED) is 0.211. The summed E-state index contributed by atoms with van der Waals surface area (Å²) < 4.78 is 4.69. The smallest absolute Gasteiger partial charge is 0.305 e. The average Bonchev–Trinajstić information content (AvgIpc) is 3.04. The van der Waals surface area contributed by atoms with E-state index < -0.39 is 6.10 Å². The van der Waals surface area contributed by atoms with E-state index in [1.54, 1.807) is 23.5 Å². The number of ketones is 1. The lowest BCUT2D eigenvalue weighted by Gasteiger charge is -2.27. The summed E-state index contributed by atoms with van der Waals surface area (Å²) in [6.07, 6.45) is 16.9. The third kappa shape index (κ3) is 9.48. The van der Waals surface area contributed by atoms with Crippen LogP contribution in [0.5, 0.6) is 0 Å². The zero-order valence-corrected chi connectivity index (χ0v) is 20.2. The number of aliphatic hydroxyl groups excluding tert-OH is 1. The third-order valence-electron chi connectivity index (χ3n) is 5.88. The zero-order chi connectivity index (χ0) is 21.6. The molecule has 0 aliphatic heterocycles. The molecule has 1 fully saturated rings. The molecule has 1 rings (SSSR count). The van der Waals surface area contributed by atoms with Gasteiger partial charge in [0, 0.05) is 29.3 Å². The van der Waals surface area contributed by atoms with E-state index in [0.717, 1.165) is 51.4 Å². The van der Waals surface area contributed by atoms with E-state index in [0.29, 0.717) is 29.1 Å². The van der Waals surface area contributed by atoms with Crippen LogP contribution in [0.1, 0.15) is 71.1 Å². The van der Waals surface area contributed by atoms with E-state index in [-0.39, 0.29) is 17.8 Å². The van der Waals surface area contributed by atoms with Crippen molar-refractivity contribution in [3.8, 4) is 0 Å². The van der Waals surface area contributed by atoms with Gasteiger partial charge in [-0.1, -0.05) is 51.2 Å². The van der Waals surface area contributed by atoms with Gasteiger partial charge in [0.1, 0.15) is 5.78 Å². The molecule has 4 nitrogen and oxygen atoms in total. The van der Waals surface area contributed by atoms with Gasteiger partial charge in [0.2, 0.25) is 0 Å². The highest BCUT2D eigenvalue weighted by atomic mass is 32.2. The fraction of sp³-hybridized carbons (Fsp3) is 0.826. The number of unbranched alkanes of at least 4 members (excludes halogenated alkanes) is 4. The lowest BCUT2D eigenvalue weighted by molar-refractivity contribution is -0.140. The normalized spacial score (nSPS) is 24.2. The monoisotopic (exact) mass is 444 g/mol. The average molecular weight is 445 g/mol. The largest absolute Gasteiger partial charge is 0.469 e.